The van der Waals surface area contributed by atoms with E-state index < -0.39 is 17.8 Å². The van der Waals surface area contributed by atoms with Gasteiger partial charge in [0.1, 0.15) is 0 Å². The van der Waals surface area contributed by atoms with Crippen molar-refractivity contribution in [1.29, 1.82) is 0 Å². The average Bonchev–Trinajstić information content (AvgIpc) is 2.87. The number of rotatable bonds is 5. The number of fused-ring (bicyclic) bond motifs is 1. The fraction of sp³-hybridized carbons (Fsp3) is 0.0769. The number of amides is 1. The van der Waals surface area contributed by atoms with E-state index in [2.05, 4.69) is 10.3 Å². The lowest BCUT2D eigenvalue weighted by atomic mass is 10.0. The first-order valence-corrected chi connectivity index (χ1v) is 10.6. The number of hydrogen-bond donors (Lipinski definition) is 1. The van der Waals surface area contributed by atoms with E-state index in [0.717, 1.165) is 0 Å². The number of pyridine rings is 1. The first-order chi connectivity index (χ1) is 16.4. The highest BCUT2D eigenvalue weighted by Crippen LogP contribution is 2.30. The van der Waals surface area contributed by atoms with Crippen LogP contribution in [0.2, 0.25) is 5.02 Å². The van der Waals surface area contributed by atoms with Crippen LogP contribution in [0.4, 0.5) is 5.69 Å². The third kappa shape index (κ3) is 4.46. The molecule has 0 bridgehead atoms. The number of nitrogens with zero attached hydrogens (tertiary/aromatic N) is 1. The highest BCUT2D eigenvalue weighted by Gasteiger charge is 2.20. The maximum Gasteiger partial charge on any atom is 0.339 e. The second-order valence-corrected chi connectivity index (χ2v) is 7.66. The Balaban J connectivity index is 1.83. The molecule has 1 aromatic heterocycles. The predicted octanol–water partition coefficient (Wildman–Crippen LogP) is 5.38. The summed E-state index contributed by atoms with van der Waals surface area (Å²) in [6.07, 6.45) is 0. The maximum absolute atomic E-state index is 13.5. The van der Waals surface area contributed by atoms with Crippen molar-refractivity contribution in [3.63, 3.8) is 0 Å². The SMILES string of the molecule is COC(=O)c1ccc(C(=O)OC)c(NC(=O)c2cc(-c3ccccc3Cl)nc3ccccc23)c1. The normalized spacial score (nSPS) is 10.6. The zero-order valence-corrected chi connectivity index (χ0v) is 19.1. The molecule has 1 N–H and O–H groups in total. The molecule has 0 aliphatic heterocycles. The number of methoxy groups -OCH3 is 2. The van der Waals surface area contributed by atoms with Gasteiger partial charge in [-0.1, -0.05) is 48.0 Å². The second kappa shape index (κ2) is 9.72. The van der Waals surface area contributed by atoms with Gasteiger partial charge >= 0.3 is 11.9 Å². The van der Waals surface area contributed by atoms with E-state index in [4.69, 9.17) is 21.1 Å². The van der Waals surface area contributed by atoms with Crippen LogP contribution >= 0.6 is 11.6 Å². The van der Waals surface area contributed by atoms with Crippen molar-refractivity contribution in [2.45, 2.75) is 0 Å². The minimum Gasteiger partial charge on any atom is -0.465 e. The number of carbonyl (C=O) groups is 3. The molecule has 0 aliphatic rings. The maximum atomic E-state index is 13.5. The third-order valence-corrected chi connectivity index (χ3v) is 5.53. The summed E-state index contributed by atoms with van der Waals surface area (Å²) in [5, 5.41) is 3.84. The summed E-state index contributed by atoms with van der Waals surface area (Å²) in [6.45, 7) is 0. The Hall–Kier alpha value is -4.23. The van der Waals surface area contributed by atoms with Gasteiger partial charge in [0.25, 0.3) is 5.91 Å². The van der Waals surface area contributed by atoms with Crippen LogP contribution in [-0.2, 0) is 9.47 Å². The second-order valence-electron chi connectivity index (χ2n) is 7.25. The Kier molecular flexibility index (Phi) is 6.56. The fourth-order valence-electron chi connectivity index (χ4n) is 3.54. The van der Waals surface area contributed by atoms with Crippen molar-refractivity contribution >= 4 is 46.0 Å². The molecule has 1 amide bonds. The monoisotopic (exact) mass is 474 g/mol. The molecule has 4 aromatic rings. The van der Waals surface area contributed by atoms with Crippen molar-refractivity contribution < 1.29 is 23.9 Å². The van der Waals surface area contributed by atoms with Gasteiger partial charge in [0.2, 0.25) is 0 Å². The van der Waals surface area contributed by atoms with E-state index in [9.17, 15) is 14.4 Å². The molecule has 8 heteroatoms. The number of nitrogens with one attached hydrogen (secondary N) is 1. The summed E-state index contributed by atoms with van der Waals surface area (Å²) < 4.78 is 9.57. The molecule has 0 aliphatic carbocycles. The largest absolute Gasteiger partial charge is 0.465 e. The molecule has 0 saturated heterocycles. The van der Waals surface area contributed by atoms with E-state index in [0.29, 0.717) is 32.7 Å². The first kappa shape index (κ1) is 22.9. The van der Waals surface area contributed by atoms with Crippen LogP contribution in [0.1, 0.15) is 31.1 Å². The van der Waals surface area contributed by atoms with Crippen molar-refractivity contribution in [2.75, 3.05) is 19.5 Å². The van der Waals surface area contributed by atoms with Crippen molar-refractivity contribution in [2.24, 2.45) is 0 Å². The highest BCUT2D eigenvalue weighted by atomic mass is 35.5. The van der Waals surface area contributed by atoms with Gasteiger partial charge in [0, 0.05) is 16.0 Å². The smallest absolute Gasteiger partial charge is 0.339 e. The van der Waals surface area contributed by atoms with Crippen LogP contribution < -0.4 is 5.32 Å². The molecule has 0 unspecified atom stereocenters. The average molecular weight is 475 g/mol. The lowest BCUT2D eigenvalue weighted by Crippen LogP contribution is -2.17. The van der Waals surface area contributed by atoms with E-state index in [1.54, 1.807) is 30.3 Å². The molecule has 0 atom stereocenters. The Morgan fingerprint density at radius 3 is 2.26 bits per heavy atom. The number of para-hydroxylation sites is 1. The molecule has 0 saturated carbocycles. The van der Waals surface area contributed by atoms with E-state index in [-0.39, 0.29) is 16.8 Å². The summed E-state index contributed by atoms with van der Waals surface area (Å²) in [5.41, 5.74) is 2.48. The van der Waals surface area contributed by atoms with Crippen LogP contribution in [-0.4, -0.2) is 37.0 Å². The Labute approximate surface area is 200 Å². The zero-order valence-electron chi connectivity index (χ0n) is 18.3. The standard InChI is InChI=1S/C26H19ClN2O5/c1-33-25(31)15-11-12-18(26(32)34-2)22(13-15)29-24(30)19-14-23(17-8-3-5-9-20(17)27)28-21-10-6-4-7-16(19)21/h3-14H,1-2H3,(H,29,30). The quantitative estimate of drug-likeness (QED) is 0.390. The van der Waals surface area contributed by atoms with Crippen LogP contribution in [0.25, 0.3) is 22.2 Å². The highest BCUT2D eigenvalue weighted by molar-refractivity contribution is 6.33. The molecule has 1 heterocycles. The molecule has 4 rings (SSSR count). The van der Waals surface area contributed by atoms with Gasteiger partial charge < -0.3 is 14.8 Å². The van der Waals surface area contributed by atoms with Crippen LogP contribution in [0.3, 0.4) is 0 Å². The molecule has 3 aromatic carbocycles. The number of esters is 2. The lowest BCUT2D eigenvalue weighted by Gasteiger charge is -2.14. The molecule has 170 valence electrons. The number of benzene rings is 3. The fourth-order valence-corrected chi connectivity index (χ4v) is 3.77. The molecule has 0 radical (unpaired) electrons. The Bertz CT molecular complexity index is 1430. The molecule has 7 nitrogen and oxygen atoms in total. The number of halogens is 1. The number of carbonyl (C=O) groups excluding carboxylic acids is 3. The van der Waals surface area contributed by atoms with Gasteiger partial charge in [-0.2, -0.15) is 0 Å². The molecular formula is C26H19ClN2O5. The van der Waals surface area contributed by atoms with E-state index in [1.807, 2.05) is 24.3 Å². The van der Waals surface area contributed by atoms with Crippen molar-refractivity contribution in [3.8, 4) is 11.3 Å². The van der Waals surface area contributed by atoms with Gasteiger partial charge in [0.05, 0.1) is 47.8 Å². The Morgan fingerprint density at radius 1 is 0.824 bits per heavy atom. The predicted molar refractivity (Wildman–Crippen MR) is 129 cm³/mol. The number of hydrogen-bond acceptors (Lipinski definition) is 6. The molecule has 0 spiro atoms. The van der Waals surface area contributed by atoms with E-state index in [1.165, 1.54) is 32.4 Å². The summed E-state index contributed by atoms with van der Waals surface area (Å²) >= 11 is 6.37. The van der Waals surface area contributed by atoms with E-state index >= 15 is 0 Å². The zero-order chi connectivity index (χ0) is 24.2. The summed E-state index contributed by atoms with van der Waals surface area (Å²) in [5.74, 6) is -1.77. The number of anilines is 1. The van der Waals surface area contributed by atoms with Gasteiger partial charge in [-0.25, -0.2) is 14.6 Å². The third-order valence-electron chi connectivity index (χ3n) is 5.20. The number of aromatic nitrogens is 1. The topological polar surface area (TPSA) is 94.6 Å². The van der Waals surface area contributed by atoms with Crippen LogP contribution in [0.15, 0.2) is 72.8 Å². The molecular weight excluding hydrogens is 456 g/mol. The van der Waals surface area contributed by atoms with Gasteiger partial charge in [-0.3, -0.25) is 4.79 Å². The van der Waals surface area contributed by atoms with Gasteiger partial charge in [-0.05, 0) is 36.4 Å². The molecule has 34 heavy (non-hydrogen) atoms. The summed E-state index contributed by atoms with van der Waals surface area (Å²) in [7, 11) is 2.47. The van der Waals surface area contributed by atoms with Crippen molar-refractivity contribution in [1.82, 2.24) is 4.98 Å². The van der Waals surface area contributed by atoms with Crippen LogP contribution in [0.5, 0.6) is 0 Å². The molecule has 0 fully saturated rings. The minimum atomic E-state index is -0.664. The minimum absolute atomic E-state index is 0.0909. The first-order valence-electron chi connectivity index (χ1n) is 10.2. The van der Waals surface area contributed by atoms with Gasteiger partial charge in [0.15, 0.2) is 0 Å². The summed E-state index contributed by atoms with van der Waals surface area (Å²) in [6, 6.07) is 20.2. The number of ether oxygens (including phenoxy) is 2. The van der Waals surface area contributed by atoms with Crippen LogP contribution in [0, 0.1) is 0 Å². The van der Waals surface area contributed by atoms with Gasteiger partial charge in [-0.15, -0.1) is 0 Å². The van der Waals surface area contributed by atoms with Crippen molar-refractivity contribution in [3.05, 3.63) is 94.5 Å². The Morgan fingerprint density at radius 2 is 1.53 bits per heavy atom. The lowest BCUT2D eigenvalue weighted by molar-refractivity contribution is 0.0587. The summed E-state index contributed by atoms with van der Waals surface area (Å²) in [4.78, 5) is 42.4.